The molecule has 0 saturated heterocycles. The van der Waals surface area contributed by atoms with Gasteiger partial charge in [-0.15, -0.1) is 11.8 Å². The zero-order chi connectivity index (χ0) is 21.5. The average molecular weight is 423 g/mol. The zero-order valence-electron chi connectivity index (χ0n) is 16.8. The van der Waals surface area contributed by atoms with Gasteiger partial charge in [-0.2, -0.15) is 0 Å². The molecule has 154 valence electrons. The van der Waals surface area contributed by atoms with Gasteiger partial charge in [-0.3, -0.25) is 9.59 Å². The maximum absolute atomic E-state index is 13.8. The first-order valence-corrected chi connectivity index (χ1v) is 10.6. The minimum atomic E-state index is -0.571. The second kappa shape index (κ2) is 10.1. The first kappa shape index (κ1) is 21.6. The lowest BCUT2D eigenvalue weighted by atomic mass is 10.0. The average Bonchev–Trinajstić information content (AvgIpc) is 2.73. The van der Waals surface area contributed by atoms with E-state index < -0.39 is 11.7 Å². The Morgan fingerprint density at radius 1 is 0.900 bits per heavy atom. The third-order valence-electron chi connectivity index (χ3n) is 4.44. The van der Waals surface area contributed by atoms with Crippen molar-refractivity contribution in [1.82, 2.24) is 0 Å². The van der Waals surface area contributed by atoms with Gasteiger partial charge in [0.25, 0.3) is 5.91 Å². The summed E-state index contributed by atoms with van der Waals surface area (Å²) in [7, 11) is 0. The molecule has 0 aliphatic rings. The lowest BCUT2D eigenvalue weighted by Crippen LogP contribution is -2.14. The van der Waals surface area contributed by atoms with Crippen LogP contribution >= 0.6 is 11.8 Å². The molecule has 4 nitrogen and oxygen atoms in total. The first-order chi connectivity index (χ1) is 14.4. The summed E-state index contributed by atoms with van der Waals surface area (Å²) in [5, 5.41) is 5.57. The van der Waals surface area contributed by atoms with E-state index in [1.54, 1.807) is 24.3 Å². The largest absolute Gasteiger partial charge is 0.325 e. The Morgan fingerprint density at radius 2 is 1.63 bits per heavy atom. The summed E-state index contributed by atoms with van der Waals surface area (Å²) in [6, 6.07) is 20.8. The summed E-state index contributed by atoms with van der Waals surface area (Å²) in [5.41, 5.74) is 2.50. The van der Waals surface area contributed by atoms with Gasteiger partial charge < -0.3 is 10.6 Å². The third-order valence-corrected chi connectivity index (χ3v) is 5.44. The topological polar surface area (TPSA) is 58.2 Å². The molecule has 0 fully saturated rings. The molecule has 0 aliphatic carbocycles. The number of carbonyl (C=O) groups excluding carboxylic acids is 2. The van der Waals surface area contributed by atoms with Crippen LogP contribution in [-0.2, 0) is 4.79 Å². The summed E-state index contributed by atoms with van der Waals surface area (Å²) in [5.74, 6) is -0.526. The molecule has 2 amide bonds. The van der Waals surface area contributed by atoms with Gasteiger partial charge in [0, 0.05) is 16.3 Å². The monoisotopic (exact) mass is 422 g/mol. The second-order valence-electron chi connectivity index (χ2n) is 7.08. The van der Waals surface area contributed by atoms with Crippen molar-refractivity contribution in [2.24, 2.45) is 0 Å². The Bertz CT molecular complexity index is 1040. The standard InChI is InChI=1S/C24H23FN2O2S/c1-16(2)17-10-12-18(13-11-17)26-23(28)15-30-20-7-5-6-19(14-20)27-24(29)21-8-3-4-9-22(21)25/h3-14,16H,15H2,1-2H3,(H,26,28)(H,27,29). The fraction of sp³-hybridized carbons (Fsp3) is 0.167. The summed E-state index contributed by atoms with van der Waals surface area (Å²) >= 11 is 1.36. The van der Waals surface area contributed by atoms with Gasteiger partial charge in [-0.1, -0.05) is 44.2 Å². The first-order valence-electron chi connectivity index (χ1n) is 9.61. The van der Waals surface area contributed by atoms with Crippen molar-refractivity contribution < 1.29 is 14.0 Å². The number of hydrogen-bond donors (Lipinski definition) is 2. The van der Waals surface area contributed by atoms with Crippen LogP contribution in [0.1, 0.15) is 35.7 Å². The van der Waals surface area contributed by atoms with Crippen LogP contribution in [-0.4, -0.2) is 17.6 Å². The number of benzene rings is 3. The quantitative estimate of drug-likeness (QED) is 0.464. The van der Waals surface area contributed by atoms with Crippen LogP contribution in [0.5, 0.6) is 0 Å². The van der Waals surface area contributed by atoms with Gasteiger partial charge in [0.05, 0.1) is 11.3 Å². The molecule has 0 aliphatic heterocycles. The highest BCUT2D eigenvalue weighted by molar-refractivity contribution is 8.00. The molecule has 30 heavy (non-hydrogen) atoms. The van der Waals surface area contributed by atoms with Crippen LogP contribution in [0.15, 0.2) is 77.7 Å². The SMILES string of the molecule is CC(C)c1ccc(NC(=O)CSc2cccc(NC(=O)c3ccccc3F)c2)cc1. The molecule has 0 heterocycles. The van der Waals surface area contributed by atoms with E-state index in [0.717, 1.165) is 10.6 Å². The molecule has 3 aromatic rings. The number of amides is 2. The van der Waals surface area contributed by atoms with E-state index in [0.29, 0.717) is 11.6 Å². The maximum atomic E-state index is 13.8. The van der Waals surface area contributed by atoms with Crippen molar-refractivity contribution >= 4 is 35.0 Å². The van der Waals surface area contributed by atoms with Crippen LogP contribution in [0.25, 0.3) is 0 Å². The molecule has 3 aromatic carbocycles. The highest BCUT2D eigenvalue weighted by atomic mass is 32.2. The smallest absolute Gasteiger partial charge is 0.258 e. The Morgan fingerprint density at radius 3 is 2.33 bits per heavy atom. The second-order valence-corrected chi connectivity index (χ2v) is 8.12. The van der Waals surface area contributed by atoms with Gasteiger partial charge in [-0.05, 0) is 53.9 Å². The van der Waals surface area contributed by atoms with Crippen LogP contribution < -0.4 is 10.6 Å². The highest BCUT2D eigenvalue weighted by Gasteiger charge is 2.11. The van der Waals surface area contributed by atoms with Crippen LogP contribution in [0.4, 0.5) is 15.8 Å². The van der Waals surface area contributed by atoms with Crippen LogP contribution in [0.3, 0.4) is 0 Å². The lowest BCUT2D eigenvalue weighted by Gasteiger charge is -2.09. The molecule has 0 unspecified atom stereocenters. The number of thioether (sulfide) groups is 1. The molecular formula is C24H23FN2O2S. The molecular weight excluding hydrogens is 399 g/mol. The number of nitrogens with one attached hydrogen (secondary N) is 2. The van der Waals surface area contributed by atoms with Crippen molar-refractivity contribution in [1.29, 1.82) is 0 Å². The number of rotatable bonds is 7. The Labute approximate surface area is 179 Å². The number of anilines is 2. The molecule has 0 saturated carbocycles. The normalized spacial score (nSPS) is 10.7. The van der Waals surface area contributed by atoms with Gasteiger partial charge in [0.15, 0.2) is 0 Å². The fourth-order valence-corrected chi connectivity index (χ4v) is 3.56. The number of halogens is 1. The predicted molar refractivity (Wildman–Crippen MR) is 121 cm³/mol. The van der Waals surface area contributed by atoms with E-state index in [2.05, 4.69) is 24.5 Å². The zero-order valence-corrected chi connectivity index (χ0v) is 17.6. The van der Waals surface area contributed by atoms with E-state index in [4.69, 9.17) is 0 Å². The summed E-state index contributed by atoms with van der Waals surface area (Å²) < 4.78 is 13.8. The number of carbonyl (C=O) groups is 2. The molecule has 0 spiro atoms. The predicted octanol–water partition coefficient (Wildman–Crippen LogP) is 5.93. The summed E-state index contributed by atoms with van der Waals surface area (Å²) in [6.45, 7) is 4.24. The molecule has 0 radical (unpaired) electrons. The molecule has 0 aromatic heterocycles. The minimum absolute atomic E-state index is 0.0154. The van der Waals surface area contributed by atoms with E-state index in [-0.39, 0.29) is 17.2 Å². The fourth-order valence-electron chi connectivity index (χ4n) is 2.80. The van der Waals surface area contributed by atoms with Crippen molar-refractivity contribution in [3.05, 3.63) is 89.7 Å². The van der Waals surface area contributed by atoms with Gasteiger partial charge in [0.1, 0.15) is 5.82 Å². The van der Waals surface area contributed by atoms with E-state index in [1.165, 1.54) is 35.5 Å². The van der Waals surface area contributed by atoms with Crippen LogP contribution in [0.2, 0.25) is 0 Å². The molecule has 2 N–H and O–H groups in total. The molecule has 6 heteroatoms. The molecule has 0 atom stereocenters. The van der Waals surface area contributed by atoms with Gasteiger partial charge >= 0.3 is 0 Å². The Kier molecular flexibility index (Phi) is 7.25. The van der Waals surface area contributed by atoms with Crippen molar-refractivity contribution in [2.75, 3.05) is 16.4 Å². The van der Waals surface area contributed by atoms with Crippen molar-refractivity contribution in [3.8, 4) is 0 Å². The Balaban J connectivity index is 1.55. The van der Waals surface area contributed by atoms with Crippen LogP contribution in [0, 0.1) is 5.82 Å². The summed E-state index contributed by atoms with van der Waals surface area (Å²) in [4.78, 5) is 25.3. The lowest BCUT2D eigenvalue weighted by molar-refractivity contribution is -0.113. The van der Waals surface area contributed by atoms with E-state index >= 15 is 0 Å². The Hall–Kier alpha value is -3.12. The third kappa shape index (κ3) is 5.94. The maximum Gasteiger partial charge on any atom is 0.258 e. The highest BCUT2D eigenvalue weighted by Crippen LogP contribution is 2.23. The minimum Gasteiger partial charge on any atom is -0.325 e. The van der Waals surface area contributed by atoms with Gasteiger partial charge in [0.2, 0.25) is 5.91 Å². The molecule has 0 bridgehead atoms. The summed E-state index contributed by atoms with van der Waals surface area (Å²) in [6.07, 6.45) is 0. The van der Waals surface area contributed by atoms with Crippen molar-refractivity contribution in [2.45, 2.75) is 24.7 Å². The number of hydrogen-bond acceptors (Lipinski definition) is 3. The van der Waals surface area contributed by atoms with Crippen molar-refractivity contribution in [3.63, 3.8) is 0 Å². The van der Waals surface area contributed by atoms with Gasteiger partial charge in [-0.25, -0.2) is 4.39 Å². The molecule has 3 rings (SSSR count). The van der Waals surface area contributed by atoms with E-state index in [9.17, 15) is 14.0 Å². The van der Waals surface area contributed by atoms with E-state index in [1.807, 2.05) is 30.3 Å².